The SMILES string of the molecule is CCN1CCC(CN)C1c1cncs1. The highest BCUT2D eigenvalue weighted by atomic mass is 32.1. The second kappa shape index (κ2) is 4.38. The summed E-state index contributed by atoms with van der Waals surface area (Å²) in [6, 6.07) is 0.525. The molecule has 1 aromatic heterocycles. The third-order valence-electron chi connectivity index (χ3n) is 3.08. The molecule has 1 saturated heterocycles. The lowest BCUT2D eigenvalue weighted by Crippen LogP contribution is -2.27. The van der Waals surface area contributed by atoms with Gasteiger partial charge in [0.15, 0.2) is 0 Å². The quantitative estimate of drug-likeness (QED) is 0.823. The van der Waals surface area contributed by atoms with Gasteiger partial charge < -0.3 is 5.73 Å². The lowest BCUT2D eigenvalue weighted by atomic mass is 10.00. The smallest absolute Gasteiger partial charge is 0.0794 e. The molecule has 0 aliphatic carbocycles. The molecule has 0 spiro atoms. The minimum absolute atomic E-state index is 0.525. The first-order chi connectivity index (χ1) is 6.86. The number of nitrogens with zero attached hydrogens (tertiary/aromatic N) is 2. The molecule has 3 nitrogen and oxygen atoms in total. The highest BCUT2D eigenvalue weighted by molar-refractivity contribution is 7.09. The van der Waals surface area contributed by atoms with Gasteiger partial charge in [0.25, 0.3) is 0 Å². The van der Waals surface area contributed by atoms with Crippen molar-refractivity contribution in [1.29, 1.82) is 0 Å². The summed E-state index contributed by atoms with van der Waals surface area (Å²) in [5.74, 6) is 0.621. The predicted molar refractivity (Wildman–Crippen MR) is 59.3 cm³/mol. The van der Waals surface area contributed by atoms with E-state index in [0.29, 0.717) is 12.0 Å². The van der Waals surface area contributed by atoms with Gasteiger partial charge in [-0.15, -0.1) is 11.3 Å². The third-order valence-corrected chi connectivity index (χ3v) is 3.93. The molecule has 2 rings (SSSR count). The van der Waals surface area contributed by atoms with E-state index in [4.69, 9.17) is 5.73 Å². The van der Waals surface area contributed by atoms with Crippen molar-refractivity contribution in [3.05, 3.63) is 16.6 Å². The summed E-state index contributed by atoms with van der Waals surface area (Å²) in [6.07, 6.45) is 3.22. The maximum Gasteiger partial charge on any atom is 0.0794 e. The van der Waals surface area contributed by atoms with Crippen molar-refractivity contribution in [1.82, 2.24) is 9.88 Å². The first-order valence-electron chi connectivity index (χ1n) is 5.19. The van der Waals surface area contributed by atoms with Crippen molar-refractivity contribution in [2.75, 3.05) is 19.6 Å². The zero-order valence-electron chi connectivity index (χ0n) is 8.52. The van der Waals surface area contributed by atoms with Crippen LogP contribution in [0.25, 0.3) is 0 Å². The molecule has 2 unspecified atom stereocenters. The number of rotatable bonds is 3. The Bertz CT molecular complexity index is 261. The molecule has 0 bridgehead atoms. The topological polar surface area (TPSA) is 42.1 Å². The Morgan fingerprint density at radius 1 is 1.71 bits per heavy atom. The lowest BCUT2D eigenvalue weighted by molar-refractivity contribution is 0.245. The fourth-order valence-corrected chi connectivity index (χ4v) is 3.16. The van der Waals surface area contributed by atoms with Gasteiger partial charge in [0.05, 0.1) is 5.51 Å². The second-order valence-electron chi connectivity index (χ2n) is 3.76. The minimum atomic E-state index is 0.525. The average Bonchev–Trinajstić information content (AvgIpc) is 2.85. The van der Waals surface area contributed by atoms with Crippen molar-refractivity contribution in [2.45, 2.75) is 19.4 Å². The van der Waals surface area contributed by atoms with Crippen LogP contribution < -0.4 is 5.73 Å². The van der Waals surface area contributed by atoms with E-state index >= 15 is 0 Å². The fraction of sp³-hybridized carbons (Fsp3) is 0.700. The maximum atomic E-state index is 5.80. The van der Waals surface area contributed by atoms with Gasteiger partial charge in [0, 0.05) is 17.1 Å². The zero-order valence-corrected chi connectivity index (χ0v) is 9.33. The molecular weight excluding hydrogens is 194 g/mol. The number of aromatic nitrogens is 1. The van der Waals surface area contributed by atoms with Crippen LogP contribution >= 0.6 is 11.3 Å². The Morgan fingerprint density at radius 3 is 3.14 bits per heavy atom. The highest BCUT2D eigenvalue weighted by Gasteiger charge is 2.34. The van der Waals surface area contributed by atoms with E-state index in [2.05, 4.69) is 16.8 Å². The van der Waals surface area contributed by atoms with E-state index in [1.165, 1.54) is 17.8 Å². The molecule has 1 aliphatic rings. The number of hydrogen-bond donors (Lipinski definition) is 1. The Hall–Kier alpha value is -0.450. The molecule has 2 N–H and O–H groups in total. The molecule has 0 saturated carbocycles. The van der Waals surface area contributed by atoms with Crippen LogP contribution in [0.5, 0.6) is 0 Å². The number of likely N-dealkylation sites (tertiary alicyclic amines) is 1. The van der Waals surface area contributed by atoms with Gasteiger partial charge in [-0.2, -0.15) is 0 Å². The van der Waals surface area contributed by atoms with Crippen LogP contribution in [0.3, 0.4) is 0 Å². The van der Waals surface area contributed by atoms with Crippen molar-refractivity contribution in [2.24, 2.45) is 11.7 Å². The highest BCUT2D eigenvalue weighted by Crippen LogP contribution is 2.37. The van der Waals surface area contributed by atoms with Crippen LogP contribution in [0.2, 0.25) is 0 Å². The minimum Gasteiger partial charge on any atom is -0.330 e. The summed E-state index contributed by atoms with van der Waals surface area (Å²) in [7, 11) is 0. The van der Waals surface area contributed by atoms with Crippen molar-refractivity contribution >= 4 is 11.3 Å². The van der Waals surface area contributed by atoms with E-state index in [-0.39, 0.29) is 0 Å². The van der Waals surface area contributed by atoms with E-state index < -0.39 is 0 Å². The summed E-state index contributed by atoms with van der Waals surface area (Å²) in [5, 5.41) is 0. The van der Waals surface area contributed by atoms with Crippen molar-refractivity contribution in [3.8, 4) is 0 Å². The van der Waals surface area contributed by atoms with Crippen molar-refractivity contribution in [3.63, 3.8) is 0 Å². The molecule has 1 fully saturated rings. The third kappa shape index (κ3) is 1.69. The normalized spacial score (nSPS) is 28.4. The van der Waals surface area contributed by atoms with E-state index in [9.17, 15) is 0 Å². The fourth-order valence-electron chi connectivity index (χ4n) is 2.31. The number of hydrogen-bond acceptors (Lipinski definition) is 4. The Kier molecular flexibility index (Phi) is 3.15. The molecule has 0 aromatic carbocycles. The molecule has 1 aliphatic heterocycles. The summed E-state index contributed by atoms with van der Waals surface area (Å²) < 4.78 is 0. The van der Waals surface area contributed by atoms with Gasteiger partial charge in [-0.25, -0.2) is 0 Å². The Labute approximate surface area is 88.9 Å². The molecule has 1 aromatic rings. The summed E-state index contributed by atoms with van der Waals surface area (Å²) in [6.45, 7) is 5.30. The van der Waals surface area contributed by atoms with Crippen LogP contribution in [0.1, 0.15) is 24.3 Å². The summed E-state index contributed by atoms with van der Waals surface area (Å²) in [5.41, 5.74) is 7.72. The van der Waals surface area contributed by atoms with Crippen LogP contribution in [-0.2, 0) is 0 Å². The predicted octanol–water partition coefficient (Wildman–Crippen LogP) is 1.48. The monoisotopic (exact) mass is 211 g/mol. The van der Waals surface area contributed by atoms with Crippen LogP contribution in [0.15, 0.2) is 11.7 Å². The standard InChI is InChI=1S/C10H17N3S/c1-2-13-4-3-8(5-11)10(13)9-6-12-7-14-9/h6-8,10H,2-5,11H2,1H3. The maximum absolute atomic E-state index is 5.80. The summed E-state index contributed by atoms with van der Waals surface area (Å²) in [4.78, 5) is 8.04. The van der Waals surface area contributed by atoms with Gasteiger partial charge in [0.1, 0.15) is 0 Å². The molecule has 14 heavy (non-hydrogen) atoms. The molecule has 4 heteroatoms. The van der Waals surface area contributed by atoms with Gasteiger partial charge in [0.2, 0.25) is 0 Å². The molecule has 78 valence electrons. The van der Waals surface area contributed by atoms with Crippen LogP contribution in [0.4, 0.5) is 0 Å². The molecule has 0 amide bonds. The molecular formula is C10H17N3S. The Balaban J connectivity index is 2.19. The molecule has 2 atom stereocenters. The van der Waals surface area contributed by atoms with Gasteiger partial charge >= 0.3 is 0 Å². The zero-order chi connectivity index (χ0) is 9.97. The van der Waals surface area contributed by atoms with Gasteiger partial charge in [-0.3, -0.25) is 9.88 Å². The first-order valence-corrected chi connectivity index (χ1v) is 6.07. The number of thiazole rings is 1. The lowest BCUT2D eigenvalue weighted by Gasteiger charge is -2.25. The largest absolute Gasteiger partial charge is 0.330 e. The molecule has 2 heterocycles. The van der Waals surface area contributed by atoms with Gasteiger partial charge in [-0.05, 0) is 32.0 Å². The number of nitrogens with two attached hydrogens (primary N) is 1. The van der Waals surface area contributed by atoms with Crippen LogP contribution in [-0.4, -0.2) is 29.5 Å². The average molecular weight is 211 g/mol. The van der Waals surface area contributed by atoms with Crippen molar-refractivity contribution < 1.29 is 0 Å². The van der Waals surface area contributed by atoms with E-state index in [1.54, 1.807) is 11.3 Å². The Morgan fingerprint density at radius 2 is 2.57 bits per heavy atom. The van der Waals surface area contributed by atoms with E-state index in [0.717, 1.165) is 13.1 Å². The summed E-state index contributed by atoms with van der Waals surface area (Å²) >= 11 is 1.75. The second-order valence-corrected chi connectivity index (χ2v) is 4.68. The van der Waals surface area contributed by atoms with Crippen LogP contribution in [0, 0.1) is 5.92 Å². The molecule has 0 radical (unpaired) electrons. The first kappa shape index (κ1) is 10.1. The van der Waals surface area contributed by atoms with Gasteiger partial charge in [-0.1, -0.05) is 6.92 Å². The van der Waals surface area contributed by atoms with E-state index in [1.807, 2.05) is 11.7 Å².